The Morgan fingerprint density at radius 1 is 1.35 bits per heavy atom. The number of hydrogen-bond donors (Lipinski definition) is 1. The van der Waals surface area contributed by atoms with Gasteiger partial charge in [-0.15, -0.1) is 11.8 Å². The average Bonchev–Trinajstić information content (AvgIpc) is 2.75. The van der Waals surface area contributed by atoms with Crippen molar-refractivity contribution >= 4 is 29.2 Å². The van der Waals surface area contributed by atoms with Gasteiger partial charge in [-0.05, 0) is 49.4 Å². The molecule has 0 amide bonds. The minimum atomic E-state index is -0.800. The van der Waals surface area contributed by atoms with Crippen molar-refractivity contribution in [2.75, 3.05) is 17.7 Å². The quantitative estimate of drug-likeness (QED) is 0.838. The minimum Gasteiger partial charge on any atom is -0.481 e. The molecule has 2 heterocycles. The zero-order valence-corrected chi connectivity index (χ0v) is 13.8. The van der Waals surface area contributed by atoms with Gasteiger partial charge in [0.1, 0.15) is 0 Å². The van der Waals surface area contributed by atoms with Gasteiger partial charge in [-0.2, -0.15) is 0 Å². The highest BCUT2D eigenvalue weighted by molar-refractivity contribution is 7.98. The Balaban J connectivity index is 2.18. The van der Waals surface area contributed by atoms with Crippen molar-refractivity contribution < 1.29 is 14.7 Å². The number of rotatable bonds is 2. The maximum absolute atomic E-state index is 12.4. The van der Waals surface area contributed by atoms with Crippen LogP contribution in [0.4, 0.5) is 5.69 Å². The molecule has 5 heteroatoms. The Labute approximate surface area is 139 Å². The van der Waals surface area contributed by atoms with Gasteiger partial charge in [0.25, 0.3) is 0 Å². The lowest BCUT2D eigenvalue weighted by atomic mass is 9.97. The van der Waals surface area contributed by atoms with Gasteiger partial charge < -0.3 is 10.0 Å². The summed E-state index contributed by atoms with van der Waals surface area (Å²) in [4.78, 5) is 27.2. The molecule has 2 aliphatic rings. The summed E-state index contributed by atoms with van der Waals surface area (Å²) in [5.41, 5.74) is 2.24. The van der Waals surface area contributed by atoms with E-state index in [2.05, 4.69) is 0 Å². The van der Waals surface area contributed by atoms with E-state index in [-0.39, 0.29) is 5.78 Å². The number of carboxylic acids is 1. The third kappa shape index (κ3) is 3.06. The zero-order valence-electron chi connectivity index (χ0n) is 13.0. The van der Waals surface area contributed by atoms with Crippen LogP contribution in [0.25, 0.3) is 0 Å². The number of aliphatic carboxylic acids is 1. The predicted octanol–water partition coefficient (Wildman–Crippen LogP) is 3.74. The summed E-state index contributed by atoms with van der Waals surface area (Å²) in [6.07, 6.45) is 9.41. The van der Waals surface area contributed by atoms with Crippen LogP contribution in [0.2, 0.25) is 0 Å². The van der Waals surface area contributed by atoms with E-state index in [4.69, 9.17) is 0 Å². The summed E-state index contributed by atoms with van der Waals surface area (Å²) >= 11 is 1.61. The van der Waals surface area contributed by atoms with Crippen LogP contribution in [0.1, 0.15) is 29.6 Å². The van der Waals surface area contributed by atoms with Crippen LogP contribution in [0.3, 0.4) is 0 Å². The van der Waals surface area contributed by atoms with Crippen molar-refractivity contribution in [2.45, 2.75) is 24.2 Å². The summed E-state index contributed by atoms with van der Waals surface area (Å²) in [6.45, 7) is 0.738. The molecule has 2 aliphatic heterocycles. The van der Waals surface area contributed by atoms with Crippen LogP contribution in [-0.2, 0) is 4.79 Å². The number of nitrogens with zero attached hydrogens (tertiary/aromatic N) is 1. The van der Waals surface area contributed by atoms with Gasteiger partial charge in [0, 0.05) is 22.7 Å². The molecule has 23 heavy (non-hydrogen) atoms. The number of allylic oxidation sites excluding steroid dienone is 3. The summed E-state index contributed by atoms with van der Waals surface area (Å²) in [5.74, 6) is -1.37. The number of fused-ring (bicyclic) bond motifs is 3. The van der Waals surface area contributed by atoms with Crippen LogP contribution in [0.5, 0.6) is 0 Å². The molecule has 1 atom stereocenters. The Hall–Kier alpha value is -2.01. The summed E-state index contributed by atoms with van der Waals surface area (Å²) in [7, 11) is 0. The van der Waals surface area contributed by atoms with Gasteiger partial charge in [-0.1, -0.05) is 12.5 Å². The topological polar surface area (TPSA) is 57.6 Å². The summed E-state index contributed by atoms with van der Waals surface area (Å²) in [6, 6.07) is 5.78. The lowest BCUT2D eigenvalue weighted by molar-refractivity contribution is -0.140. The first-order chi connectivity index (χ1) is 11.1. The van der Waals surface area contributed by atoms with Gasteiger partial charge in [0.15, 0.2) is 5.78 Å². The van der Waals surface area contributed by atoms with Gasteiger partial charge in [0.05, 0.1) is 11.6 Å². The fourth-order valence-electron chi connectivity index (χ4n) is 3.19. The standard InChI is InChI=1S/C18H19NO3S/c1-23-12-8-9-13-16(11-12)19-10-3-2-5-14(18(21)22)15(19)6-4-7-17(13)20/h4,6-9,11,14H,2-3,5,10H2,1H3,(H,21,22)/b7-4-,15-6-. The van der Waals surface area contributed by atoms with E-state index >= 15 is 0 Å². The molecular weight excluding hydrogens is 310 g/mol. The highest BCUT2D eigenvalue weighted by Crippen LogP contribution is 2.36. The number of carboxylic acid groups (broad SMARTS) is 1. The molecule has 0 aromatic heterocycles. The highest BCUT2D eigenvalue weighted by Gasteiger charge is 2.31. The SMILES string of the molecule is CSc1ccc2c(c1)N1CCCCC(C(=O)O)/C1=C/C=C\C2=O. The molecule has 0 radical (unpaired) electrons. The van der Waals surface area contributed by atoms with Crippen LogP contribution >= 0.6 is 11.8 Å². The molecular formula is C18H19NO3S. The monoisotopic (exact) mass is 329 g/mol. The van der Waals surface area contributed by atoms with E-state index in [1.165, 1.54) is 6.08 Å². The van der Waals surface area contributed by atoms with Crippen molar-refractivity contribution in [2.24, 2.45) is 5.92 Å². The molecule has 1 fully saturated rings. The van der Waals surface area contributed by atoms with E-state index in [0.717, 1.165) is 35.7 Å². The number of anilines is 1. The van der Waals surface area contributed by atoms with E-state index in [1.807, 2.05) is 29.4 Å². The number of hydrogen-bond acceptors (Lipinski definition) is 4. The van der Waals surface area contributed by atoms with Gasteiger partial charge >= 0.3 is 5.97 Å². The molecule has 1 aromatic carbocycles. The Morgan fingerprint density at radius 3 is 2.91 bits per heavy atom. The highest BCUT2D eigenvalue weighted by atomic mass is 32.2. The van der Waals surface area contributed by atoms with Crippen LogP contribution < -0.4 is 4.90 Å². The lowest BCUT2D eigenvalue weighted by Gasteiger charge is -2.31. The van der Waals surface area contributed by atoms with Crippen molar-refractivity contribution in [1.82, 2.24) is 0 Å². The summed E-state index contributed by atoms with van der Waals surface area (Å²) < 4.78 is 0. The Bertz CT molecular complexity index is 708. The van der Waals surface area contributed by atoms with E-state index in [1.54, 1.807) is 23.9 Å². The number of benzene rings is 1. The van der Waals surface area contributed by atoms with E-state index in [0.29, 0.717) is 12.0 Å². The maximum atomic E-state index is 12.4. The molecule has 3 rings (SSSR count). The molecule has 1 saturated heterocycles. The zero-order chi connectivity index (χ0) is 16.4. The molecule has 0 spiro atoms. The molecule has 0 bridgehead atoms. The minimum absolute atomic E-state index is 0.0425. The van der Waals surface area contributed by atoms with Gasteiger partial charge in [-0.3, -0.25) is 9.59 Å². The van der Waals surface area contributed by atoms with E-state index in [9.17, 15) is 14.7 Å². The Morgan fingerprint density at radius 2 is 2.17 bits per heavy atom. The van der Waals surface area contributed by atoms with E-state index < -0.39 is 11.9 Å². The molecule has 4 nitrogen and oxygen atoms in total. The van der Waals surface area contributed by atoms with Crippen molar-refractivity contribution in [3.63, 3.8) is 0 Å². The maximum Gasteiger partial charge on any atom is 0.312 e. The molecule has 120 valence electrons. The lowest BCUT2D eigenvalue weighted by Crippen LogP contribution is -2.31. The normalized spacial score (nSPS) is 24.4. The fourth-order valence-corrected chi connectivity index (χ4v) is 3.63. The van der Waals surface area contributed by atoms with Crippen LogP contribution in [0, 0.1) is 5.92 Å². The second-order valence-corrected chi connectivity index (χ2v) is 6.62. The number of ketones is 1. The van der Waals surface area contributed by atoms with Crippen molar-refractivity contribution in [3.8, 4) is 0 Å². The van der Waals surface area contributed by atoms with Crippen molar-refractivity contribution in [1.29, 1.82) is 0 Å². The molecule has 1 N–H and O–H groups in total. The molecule has 0 saturated carbocycles. The third-order valence-corrected chi connectivity index (χ3v) is 5.09. The number of carbonyl (C=O) groups excluding carboxylic acids is 1. The number of thioether (sulfide) groups is 1. The number of carbonyl (C=O) groups is 2. The predicted molar refractivity (Wildman–Crippen MR) is 92.1 cm³/mol. The smallest absolute Gasteiger partial charge is 0.312 e. The first-order valence-electron chi connectivity index (χ1n) is 7.73. The second kappa shape index (κ2) is 6.62. The van der Waals surface area contributed by atoms with Crippen LogP contribution in [-0.4, -0.2) is 29.7 Å². The van der Waals surface area contributed by atoms with Gasteiger partial charge in [-0.25, -0.2) is 0 Å². The van der Waals surface area contributed by atoms with Crippen molar-refractivity contribution in [3.05, 3.63) is 47.7 Å². The largest absolute Gasteiger partial charge is 0.481 e. The molecule has 1 unspecified atom stereocenters. The van der Waals surface area contributed by atoms with Gasteiger partial charge in [0.2, 0.25) is 0 Å². The average molecular weight is 329 g/mol. The second-order valence-electron chi connectivity index (χ2n) is 5.74. The first kappa shape index (κ1) is 15.9. The summed E-state index contributed by atoms with van der Waals surface area (Å²) in [5, 5.41) is 9.60. The van der Waals surface area contributed by atoms with Crippen LogP contribution in [0.15, 0.2) is 47.0 Å². The molecule has 1 aromatic rings. The first-order valence-corrected chi connectivity index (χ1v) is 8.95. The Kier molecular flexibility index (Phi) is 4.57. The molecule has 0 aliphatic carbocycles. The third-order valence-electron chi connectivity index (χ3n) is 4.37. The fraction of sp³-hybridized carbons (Fsp3) is 0.333.